The van der Waals surface area contributed by atoms with Crippen LogP contribution in [0.4, 0.5) is 17.1 Å². The number of hydrogen-bond donors (Lipinski definition) is 4. The first-order valence-electron chi connectivity index (χ1n) is 7.23. The first-order chi connectivity index (χ1) is 11.2. The Morgan fingerprint density at radius 1 is 0.652 bits per heavy atom. The van der Waals surface area contributed by atoms with E-state index in [0.29, 0.717) is 5.69 Å². The van der Waals surface area contributed by atoms with E-state index in [1.54, 1.807) is 12.1 Å². The van der Waals surface area contributed by atoms with Crippen molar-refractivity contribution in [1.82, 2.24) is 0 Å². The molecule has 0 saturated heterocycles. The highest BCUT2D eigenvalue weighted by Crippen LogP contribution is 2.22. The second-order valence-electron chi connectivity index (χ2n) is 5.08. The maximum atomic E-state index is 10.9. The van der Waals surface area contributed by atoms with Crippen molar-refractivity contribution in [3.05, 3.63) is 84.1 Å². The summed E-state index contributed by atoms with van der Waals surface area (Å²) in [5.74, 6) is 0. The lowest BCUT2D eigenvalue weighted by molar-refractivity contribution is -0.991. The molecule has 1 unspecified atom stereocenters. The fourth-order valence-corrected chi connectivity index (χ4v) is 2.22. The molecule has 4 N–H and O–H groups in total. The second kappa shape index (κ2) is 6.93. The van der Waals surface area contributed by atoms with E-state index >= 15 is 0 Å². The molecule has 0 radical (unpaired) electrons. The van der Waals surface area contributed by atoms with Gasteiger partial charge in [-0.05, 0) is 47.5 Å². The van der Waals surface area contributed by atoms with Gasteiger partial charge in [0.25, 0.3) is 0 Å². The van der Waals surface area contributed by atoms with Crippen LogP contribution in [-0.4, -0.2) is 5.21 Å². The van der Waals surface area contributed by atoms with E-state index in [2.05, 4.69) is 10.9 Å². The minimum absolute atomic E-state index is 0.291. The largest absolute Gasteiger partial charge is 0.595 e. The monoisotopic (exact) mass is 307 g/mol. The summed E-state index contributed by atoms with van der Waals surface area (Å²) in [4.78, 5) is 0. The lowest BCUT2D eigenvalue weighted by Crippen LogP contribution is -2.99. The van der Waals surface area contributed by atoms with Crippen LogP contribution in [0.5, 0.6) is 0 Å². The highest BCUT2D eigenvalue weighted by Gasteiger charge is 2.02. The number of hydrazine groups is 1. The minimum Gasteiger partial charge on any atom is -0.595 e. The van der Waals surface area contributed by atoms with Gasteiger partial charge in [-0.25, -0.2) is 5.21 Å². The third-order valence-electron chi connectivity index (χ3n) is 3.48. The molecule has 0 aliphatic heterocycles. The van der Waals surface area contributed by atoms with E-state index in [1.807, 2.05) is 66.7 Å². The molecule has 116 valence electrons. The van der Waals surface area contributed by atoms with Crippen LogP contribution in [0.15, 0.2) is 78.9 Å². The van der Waals surface area contributed by atoms with Crippen LogP contribution >= 0.6 is 0 Å². The normalized spacial score (nSPS) is 11.7. The molecule has 5 heteroatoms. The van der Waals surface area contributed by atoms with Gasteiger partial charge >= 0.3 is 0 Å². The maximum absolute atomic E-state index is 10.9. The summed E-state index contributed by atoms with van der Waals surface area (Å²) in [6.07, 6.45) is 0. The van der Waals surface area contributed by atoms with E-state index in [1.165, 1.54) is 0 Å². The van der Waals surface area contributed by atoms with Crippen LogP contribution in [0.25, 0.3) is 11.1 Å². The molecule has 3 rings (SSSR count). The number of quaternary nitrogens is 1. The van der Waals surface area contributed by atoms with E-state index in [4.69, 9.17) is 5.21 Å². The van der Waals surface area contributed by atoms with Crippen molar-refractivity contribution in [3.63, 3.8) is 0 Å². The zero-order valence-electron chi connectivity index (χ0n) is 12.4. The van der Waals surface area contributed by atoms with E-state index < -0.39 is 5.23 Å². The van der Waals surface area contributed by atoms with Gasteiger partial charge in [-0.15, -0.1) is 0 Å². The average Bonchev–Trinajstić information content (AvgIpc) is 2.61. The Bertz CT molecular complexity index is 741. The smallest absolute Gasteiger partial charge is 0.163 e. The predicted molar refractivity (Wildman–Crippen MR) is 91.3 cm³/mol. The predicted octanol–water partition coefficient (Wildman–Crippen LogP) is 3.20. The fraction of sp³-hybridized carbons (Fsp3) is 0. The number of anilines is 2. The first-order valence-corrected chi connectivity index (χ1v) is 7.23. The Labute approximate surface area is 134 Å². The highest BCUT2D eigenvalue weighted by atomic mass is 16.8. The number of nitrogens with one attached hydrogen (secondary N) is 3. The number of rotatable bonds is 5. The van der Waals surface area contributed by atoms with Gasteiger partial charge in [-0.1, -0.05) is 30.3 Å². The van der Waals surface area contributed by atoms with Gasteiger partial charge in [-0.2, -0.15) is 5.23 Å². The van der Waals surface area contributed by atoms with Gasteiger partial charge < -0.3 is 16.1 Å². The van der Waals surface area contributed by atoms with Gasteiger partial charge in [0.05, 0.1) is 11.4 Å². The zero-order valence-corrected chi connectivity index (χ0v) is 12.4. The summed E-state index contributed by atoms with van der Waals surface area (Å²) >= 11 is 0. The summed E-state index contributed by atoms with van der Waals surface area (Å²) in [5, 5.41) is 18.9. The van der Waals surface area contributed by atoms with Crippen molar-refractivity contribution in [2.45, 2.75) is 0 Å². The molecular weight excluding hydrogens is 290 g/mol. The molecule has 0 aliphatic rings. The van der Waals surface area contributed by atoms with E-state index in [-0.39, 0.29) is 0 Å². The van der Waals surface area contributed by atoms with E-state index in [9.17, 15) is 5.21 Å². The Balaban J connectivity index is 1.67. The van der Waals surface area contributed by atoms with Crippen molar-refractivity contribution in [1.29, 1.82) is 0 Å². The summed E-state index contributed by atoms with van der Waals surface area (Å²) in [6, 6.07) is 24.6. The van der Waals surface area contributed by atoms with Crippen molar-refractivity contribution in [3.8, 4) is 11.1 Å². The van der Waals surface area contributed by atoms with Crippen molar-refractivity contribution in [2.24, 2.45) is 0 Å². The quantitative estimate of drug-likeness (QED) is 0.546. The van der Waals surface area contributed by atoms with Gasteiger partial charge in [0, 0.05) is 12.1 Å². The second-order valence-corrected chi connectivity index (χ2v) is 5.08. The molecule has 0 aliphatic carbocycles. The van der Waals surface area contributed by atoms with Crippen LogP contribution in [0.2, 0.25) is 0 Å². The molecular formula is C18H17N3O2. The van der Waals surface area contributed by atoms with Crippen LogP contribution in [0.1, 0.15) is 0 Å². The number of benzene rings is 3. The SMILES string of the molecule is [O-][NH+](O)c1ccc(-c2ccc(NNc3ccccc3)cc2)cc1. The molecule has 0 spiro atoms. The number of hydrogen-bond acceptors (Lipinski definition) is 4. The topological polar surface area (TPSA) is 71.8 Å². The Kier molecular flexibility index (Phi) is 4.54. The minimum atomic E-state index is -0.914. The molecule has 3 aromatic rings. The van der Waals surface area contributed by atoms with Crippen LogP contribution in [-0.2, 0) is 0 Å². The standard InChI is InChI=1S/C18H17N3O2/c22-21(23)18-12-8-15(9-13-18)14-6-10-17(11-7-14)20-19-16-4-2-1-3-5-16/h1-13,19-22H. The summed E-state index contributed by atoms with van der Waals surface area (Å²) in [5.41, 5.74) is 10.5. The lowest BCUT2D eigenvalue weighted by Gasteiger charge is -2.12. The van der Waals surface area contributed by atoms with E-state index in [0.717, 1.165) is 22.5 Å². The molecule has 23 heavy (non-hydrogen) atoms. The van der Waals surface area contributed by atoms with Crippen molar-refractivity contribution < 1.29 is 10.4 Å². The zero-order chi connectivity index (χ0) is 16.1. The third-order valence-corrected chi connectivity index (χ3v) is 3.48. The van der Waals surface area contributed by atoms with Gasteiger partial charge in [0.15, 0.2) is 5.69 Å². The highest BCUT2D eigenvalue weighted by molar-refractivity contribution is 5.67. The molecule has 1 atom stereocenters. The van der Waals surface area contributed by atoms with Gasteiger partial charge in [0.1, 0.15) is 0 Å². The summed E-state index contributed by atoms with van der Waals surface area (Å²) in [7, 11) is 0. The molecule has 0 bridgehead atoms. The Hall–Kier alpha value is -2.86. The summed E-state index contributed by atoms with van der Waals surface area (Å²) in [6.45, 7) is 0. The average molecular weight is 307 g/mol. The van der Waals surface area contributed by atoms with Crippen molar-refractivity contribution in [2.75, 3.05) is 10.9 Å². The van der Waals surface area contributed by atoms with Crippen molar-refractivity contribution >= 4 is 17.1 Å². The van der Waals surface area contributed by atoms with Crippen LogP contribution in [0, 0.1) is 5.21 Å². The van der Waals surface area contributed by atoms with Gasteiger partial charge in [0.2, 0.25) is 0 Å². The Morgan fingerprint density at radius 3 is 1.65 bits per heavy atom. The molecule has 0 amide bonds. The molecule has 0 fully saturated rings. The maximum Gasteiger partial charge on any atom is 0.163 e. The molecule has 0 saturated carbocycles. The molecule has 0 heterocycles. The Morgan fingerprint density at radius 2 is 1.13 bits per heavy atom. The summed E-state index contributed by atoms with van der Waals surface area (Å²) < 4.78 is 0. The number of para-hydroxylation sites is 1. The van der Waals surface area contributed by atoms with Gasteiger partial charge in [-0.3, -0.25) is 0 Å². The molecule has 0 aromatic heterocycles. The molecule has 5 nitrogen and oxygen atoms in total. The fourth-order valence-electron chi connectivity index (χ4n) is 2.22. The van der Waals surface area contributed by atoms with Crippen LogP contribution < -0.4 is 16.1 Å². The lowest BCUT2D eigenvalue weighted by atomic mass is 10.1. The first kappa shape index (κ1) is 15.1. The third kappa shape index (κ3) is 3.87. The molecule has 3 aromatic carbocycles. The van der Waals surface area contributed by atoms with Crippen LogP contribution in [0.3, 0.4) is 0 Å².